The molecule has 1 atom stereocenters. The van der Waals surface area contributed by atoms with Crippen LogP contribution in [0.25, 0.3) is 5.65 Å². The molecular weight excluding hydrogens is 488 g/mol. The number of carbonyl (C=O) groups is 1. The molecule has 0 bridgehead atoms. The third-order valence-corrected chi connectivity index (χ3v) is 6.57. The van der Waals surface area contributed by atoms with Crippen molar-refractivity contribution in [3.63, 3.8) is 0 Å². The van der Waals surface area contributed by atoms with E-state index in [-0.39, 0.29) is 18.7 Å². The second-order valence-electron chi connectivity index (χ2n) is 8.28. The molecule has 1 aromatic carbocycles. The molecule has 1 amide bonds. The monoisotopic (exact) mass is 514 g/mol. The highest BCUT2D eigenvalue weighted by molar-refractivity contribution is 9.10. The molecule has 5 rings (SSSR count). The van der Waals surface area contributed by atoms with Crippen LogP contribution in [0, 0.1) is 0 Å². The fourth-order valence-electron chi connectivity index (χ4n) is 4.29. The van der Waals surface area contributed by atoms with E-state index in [0.717, 1.165) is 47.4 Å². The Balaban J connectivity index is 1.25. The van der Waals surface area contributed by atoms with Gasteiger partial charge in [-0.15, -0.1) is 5.10 Å². The number of likely N-dealkylation sites (tertiary alicyclic amines) is 1. The number of pyridine rings is 1. The summed E-state index contributed by atoms with van der Waals surface area (Å²) in [7, 11) is 0. The number of nitrogens with one attached hydrogen (secondary N) is 1. The van der Waals surface area contributed by atoms with Gasteiger partial charge in [0.15, 0.2) is 5.65 Å². The smallest absolute Gasteiger partial charge is 0.410 e. The van der Waals surface area contributed by atoms with Crippen molar-refractivity contribution in [3.8, 4) is 0 Å². The standard InChI is InChI=1S/C23H27BrN6O3/c24-19-8-9-20-26-22(27-30(20)21(19)28-11-13-32-14-12-28)25-18-7-4-10-29(15-18)23(31)33-16-17-5-2-1-3-6-17/h1-3,5-6,8-9,18H,4,7,10-16H2,(H,25,27). The second kappa shape index (κ2) is 9.96. The first-order valence-electron chi connectivity index (χ1n) is 11.3. The van der Waals surface area contributed by atoms with Crippen molar-refractivity contribution in [3.05, 3.63) is 52.5 Å². The van der Waals surface area contributed by atoms with Gasteiger partial charge in [0.25, 0.3) is 0 Å². The number of nitrogens with zero attached hydrogens (tertiary/aromatic N) is 5. The van der Waals surface area contributed by atoms with Gasteiger partial charge >= 0.3 is 6.09 Å². The number of fused-ring (bicyclic) bond motifs is 1. The van der Waals surface area contributed by atoms with E-state index in [1.807, 2.05) is 47.0 Å². The molecule has 10 heteroatoms. The van der Waals surface area contributed by atoms with Gasteiger partial charge in [-0.3, -0.25) is 0 Å². The van der Waals surface area contributed by atoms with Gasteiger partial charge in [-0.2, -0.15) is 9.50 Å². The lowest BCUT2D eigenvalue weighted by Crippen LogP contribution is -2.45. The Morgan fingerprint density at radius 2 is 1.97 bits per heavy atom. The van der Waals surface area contributed by atoms with Gasteiger partial charge in [-0.1, -0.05) is 30.3 Å². The summed E-state index contributed by atoms with van der Waals surface area (Å²) in [5.41, 5.74) is 1.76. The summed E-state index contributed by atoms with van der Waals surface area (Å²) < 4.78 is 13.8. The third kappa shape index (κ3) is 5.06. The largest absolute Gasteiger partial charge is 0.445 e. The number of halogens is 1. The van der Waals surface area contributed by atoms with E-state index in [1.54, 1.807) is 4.90 Å². The van der Waals surface area contributed by atoms with Gasteiger partial charge in [0.05, 0.1) is 17.7 Å². The number of morpholine rings is 1. The third-order valence-electron chi connectivity index (χ3n) is 5.95. The summed E-state index contributed by atoms with van der Waals surface area (Å²) in [5, 5.41) is 8.16. The van der Waals surface area contributed by atoms with E-state index in [4.69, 9.17) is 14.6 Å². The van der Waals surface area contributed by atoms with Gasteiger partial charge in [-0.25, -0.2) is 4.79 Å². The van der Waals surface area contributed by atoms with Crippen LogP contribution < -0.4 is 10.2 Å². The maximum atomic E-state index is 12.6. The molecule has 2 aliphatic heterocycles. The molecular formula is C23H27BrN6O3. The molecule has 2 saturated heterocycles. The van der Waals surface area contributed by atoms with E-state index >= 15 is 0 Å². The Bertz CT molecular complexity index is 1100. The fourth-order valence-corrected chi connectivity index (χ4v) is 4.84. The Hall–Kier alpha value is -2.85. The highest BCUT2D eigenvalue weighted by Gasteiger charge is 2.26. The molecule has 1 N–H and O–H groups in total. The molecule has 0 spiro atoms. The van der Waals surface area contributed by atoms with Crippen LogP contribution in [0.15, 0.2) is 46.9 Å². The lowest BCUT2D eigenvalue weighted by atomic mass is 10.1. The molecule has 0 aliphatic carbocycles. The number of anilines is 2. The van der Waals surface area contributed by atoms with E-state index in [2.05, 4.69) is 31.1 Å². The first kappa shape index (κ1) is 22.0. The van der Waals surface area contributed by atoms with Crippen LogP contribution >= 0.6 is 15.9 Å². The van der Waals surface area contributed by atoms with E-state index in [1.165, 1.54) is 0 Å². The van der Waals surface area contributed by atoms with Crippen molar-refractivity contribution in [2.75, 3.05) is 49.6 Å². The molecule has 0 saturated carbocycles. The molecule has 2 aliphatic rings. The average molecular weight is 515 g/mol. The number of ether oxygens (including phenoxy) is 2. The summed E-state index contributed by atoms with van der Waals surface area (Å²) in [5.74, 6) is 1.54. The first-order valence-corrected chi connectivity index (χ1v) is 12.1. The Labute approximate surface area is 200 Å². The van der Waals surface area contributed by atoms with Crippen LogP contribution in [-0.2, 0) is 16.1 Å². The lowest BCUT2D eigenvalue weighted by Gasteiger charge is -2.32. The van der Waals surface area contributed by atoms with Crippen molar-refractivity contribution in [1.82, 2.24) is 19.5 Å². The fraction of sp³-hybridized carbons (Fsp3) is 0.435. The van der Waals surface area contributed by atoms with Crippen molar-refractivity contribution in [2.24, 2.45) is 0 Å². The minimum atomic E-state index is -0.285. The summed E-state index contributed by atoms with van der Waals surface area (Å²) in [4.78, 5) is 21.3. The first-order chi connectivity index (χ1) is 16.2. The normalized spacial score (nSPS) is 19.0. The van der Waals surface area contributed by atoms with Crippen molar-refractivity contribution in [2.45, 2.75) is 25.5 Å². The summed E-state index contributed by atoms with van der Waals surface area (Å²) in [6, 6.07) is 13.7. The van der Waals surface area contributed by atoms with Gasteiger partial charge in [0, 0.05) is 32.2 Å². The molecule has 0 radical (unpaired) electrons. The molecule has 33 heavy (non-hydrogen) atoms. The lowest BCUT2D eigenvalue weighted by molar-refractivity contribution is 0.0874. The average Bonchev–Trinajstić information content (AvgIpc) is 3.26. The minimum Gasteiger partial charge on any atom is -0.445 e. The van der Waals surface area contributed by atoms with Gasteiger partial charge < -0.3 is 24.6 Å². The summed E-state index contributed by atoms with van der Waals surface area (Å²) in [6.07, 6.45) is 1.56. The van der Waals surface area contributed by atoms with Gasteiger partial charge in [0.1, 0.15) is 12.4 Å². The van der Waals surface area contributed by atoms with Gasteiger partial charge in [0.2, 0.25) is 5.95 Å². The predicted molar refractivity (Wildman–Crippen MR) is 129 cm³/mol. The molecule has 174 valence electrons. The molecule has 2 fully saturated rings. The number of rotatable bonds is 5. The zero-order valence-electron chi connectivity index (χ0n) is 18.3. The van der Waals surface area contributed by atoms with Crippen LogP contribution in [-0.4, -0.2) is 71.0 Å². The number of hydrogen-bond acceptors (Lipinski definition) is 7. The van der Waals surface area contributed by atoms with Crippen molar-refractivity contribution >= 4 is 39.4 Å². The van der Waals surface area contributed by atoms with Crippen LogP contribution in [0.4, 0.5) is 16.6 Å². The molecule has 1 unspecified atom stereocenters. The highest BCUT2D eigenvalue weighted by Crippen LogP contribution is 2.28. The van der Waals surface area contributed by atoms with Crippen LogP contribution in [0.3, 0.4) is 0 Å². The second-order valence-corrected chi connectivity index (χ2v) is 9.13. The SMILES string of the molecule is O=C(OCc1ccccc1)N1CCCC(Nc2nc3ccc(Br)c(N4CCOCC4)n3n2)C1. The van der Waals surface area contributed by atoms with Crippen molar-refractivity contribution in [1.29, 1.82) is 0 Å². The highest BCUT2D eigenvalue weighted by atomic mass is 79.9. The predicted octanol–water partition coefficient (Wildman–Crippen LogP) is 3.54. The zero-order chi connectivity index (χ0) is 22.6. The topological polar surface area (TPSA) is 84.2 Å². The Morgan fingerprint density at radius 3 is 2.79 bits per heavy atom. The summed E-state index contributed by atoms with van der Waals surface area (Å²) in [6.45, 7) is 4.54. The van der Waals surface area contributed by atoms with Gasteiger partial charge in [-0.05, 0) is 46.5 Å². The number of piperidine rings is 1. The van der Waals surface area contributed by atoms with E-state index in [9.17, 15) is 4.79 Å². The Kier molecular flexibility index (Phi) is 6.63. The van der Waals surface area contributed by atoms with Crippen molar-refractivity contribution < 1.29 is 14.3 Å². The number of benzene rings is 1. The molecule has 3 aromatic rings. The molecule has 2 aromatic heterocycles. The number of hydrogen-bond donors (Lipinski definition) is 1. The van der Waals surface area contributed by atoms with Crippen LogP contribution in [0.2, 0.25) is 0 Å². The van der Waals surface area contributed by atoms with E-state index < -0.39 is 0 Å². The Morgan fingerprint density at radius 1 is 1.15 bits per heavy atom. The number of amides is 1. The van der Waals surface area contributed by atoms with Crippen LogP contribution in [0.5, 0.6) is 0 Å². The number of aromatic nitrogens is 3. The molecule has 9 nitrogen and oxygen atoms in total. The maximum absolute atomic E-state index is 12.6. The van der Waals surface area contributed by atoms with E-state index in [0.29, 0.717) is 32.3 Å². The maximum Gasteiger partial charge on any atom is 0.410 e. The minimum absolute atomic E-state index is 0.0655. The molecule has 4 heterocycles. The van der Waals surface area contributed by atoms with Crippen LogP contribution in [0.1, 0.15) is 18.4 Å². The quantitative estimate of drug-likeness (QED) is 0.557. The number of carbonyl (C=O) groups excluding carboxylic acids is 1. The summed E-state index contributed by atoms with van der Waals surface area (Å²) >= 11 is 3.67. The zero-order valence-corrected chi connectivity index (χ0v) is 19.9.